The van der Waals surface area contributed by atoms with Crippen LogP contribution in [0.1, 0.15) is 25.7 Å². The molecule has 0 aliphatic heterocycles. The normalized spacial score (nSPS) is 11.0. The first-order chi connectivity index (χ1) is 13.5. The van der Waals surface area contributed by atoms with E-state index < -0.39 is 0 Å². The number of para-hydroxylation sites is 1. The zero-order valence-electron chi connectivity index (χ0n) is 15.4. The minimum absolute atomic E-state index is 0.0189. The largest absolute Gasteiger partial charge is 0.496 e. The maximum absolute atomic E-state index is 12.3. The molecule has 0 atom stereocenters. The van der Waals surface area contributed by atoms with Crippen LogP contribution < -0.4 is 9.47 Å². The maximum Gasteiger partial charge on any atom is 0.195 e. The van der Waals surface area contributed by atoms with Crippen molar-refractivity contribution in [2.24, 2.45) is 0 Å². The number of halogens is 2. The van der Waals surface area contributed by atoms with Crippen molar-refractivity contribution in [3.63, 3.8) is 0 Å². The van der Waals surface area contributed by atoms with E-state index in [1.807, 2.05) is 37.3 Å². The van der Waals surface area contributed by atoms with E-state index in [0.717, 1.165) is 20.9 Å². The van der Waals surface area contributed by atoms with Crippen LogP contribution in [-0.4, -0.2) is 12.9 Å². The molecule has 0 spiro atoms. The van der Waals surface area contributed by atoms with Crippen molar-refractivity contribution in [1.29, 1.82) is 0 Å². The van der Waals surface area contributed by atoms with Crippen LogP contribution in [-0.2, 0) is 6.61 Å². The molecule has 0 amide bonds. The van der Waals surface area contributed by atoms with Crippen LogP contribution in [0.2, 0.25) is 10.0 Å². The Morgan fingerprint density at radius 2 is 1.86 bits per heavy atom. The lowest BCUT2D eigenvalue weighted by atomic mass is 10.1. The Labute approximate surface area is 178 Å². The zero-order chi connectivity index (χ0) is 20.1. The predicted molar refractivity (Wildman–Crippen MR) is 116 cm³/mol. The number of thiophene rings is 1. The maximum atomic E-state index is 12.3. The van der Waals surface area contributed by atoms with Crippen LogP contribution in [0, 0.1) is 6.92 Å². The number of ketones is 1. The van der Waals surface area contributed by atoms with Crippen LogP contribution in [0.15, 0.2) is 54.6 Å². The lowest BCUT2D eigenvalue weighted by Crippen LogP contribution is -2.00. The summed E-state index contributed by atoms with van der Waals surface area (Å²) in [5, 5.41) is 0.888. The highest BCUT2D eigenvalue weighted by Crippen LogP contribution is 2.33. The van der Waals surface area contributed by atoms with Crippen molar-refractivity contribution in [3.8, 4) is 11.5 Å². The van der Waals surface area contributed by atoms with Crippen LogP contribution in [0.4, 0.5) is 0 Å². The Kier molecular flexibility index (Phi) is 6.79. The molecule has 0 fully saturated rings. The molecule has 1 heterocycles. The SMILES string of the molecule is COc1ccc(/C=C/C(=O)c2ccc(C)s2)cc1COc1c(Cl)cccc1Cl. The van der Waals surface area contributed by atoms with Crippen molar-refractivity contribution in [1.82, 2.24) is 0 Å². The standard InChI is InChI=1S/C22H18Cl2O3S/c1-14-6-11-21(28-14)19(25)9-7-15-8-10-20(26-2)16(12-15)13-27-22-17(23)4-3-5-18(22)24/h3-12H,13H2,1-2H3/b9-7+. The second-order valence-corrected chi connectivity index (χ2v) is 8.12. The third-order valence-electron chi connectivity index (χ3n) is 4.01. The monoisotopic (exact) mass is 432 g/mol. The summed E-state index contributed by atoms with van der Waals surface area (Å²) in [5.41, 5.74) is 1.69. The molecule has 0 N–H and O–H groups in total. The predicted octanol–water partition coefficient (Wildman–Crippen LogP) is 6.85. The highest BCUT2D eigenvalue weighted by atomic mass is 35.5. The van der Waals surface area contributed by atoms with Crippen molar-refractivity contribution in [2.75, 3.05) is 7.11 Å². The molecule has 0 saturated carbocycles. The number of rotatable bonds is 7. The number of methoxy groups -OCH3 is 1. The van der Waals surface area contributed by atoms with Gasteiger partial charge in [-0.05, 0) is 55.0 Å². The summed E-state index contributed by atoms with van der Waals surface area (Å²) in [6, 6.07) is 14.6. The molecular formula is C22H18Cl2O3S. The van der Waals surface area contributed by atoms with Crippen LogP contribution in [0.25, 0.3) is 6.08 Å². The van der Waals surface area contributed by atoms with Crippen molar-refractivity contribution in [3.05, 3.63) is 85.5 Å². The fourth-order valence-electron chi connectivity index (χ4n) is 2.61. The Hall–Kier alpha value is -2.27. The lowest BCUT2D eigenvalue weighted by molar-refractivity contribution is 0.105. The number of aryl methyl sites for hydroxylation is 1. The van der Waals surface area contributed by atoms with E-state index in [9.17, 15) is 4.79 Å². The summed E-state index contributed by atoms with van der Waals surface area (Å²) in [7, 11) is 1.60. The molecule has 1 aromatic heterocycles. The van der Waals surface area contributed by atoms with Crippen molar-refractivity contribution in [2.45, 2.75) is 13.5 Å². The smallest absolute Gasteiger partial charge is 0.195 e. The first-order valence-electron chi connectivity index (χ1n) is 8.50. The van der Waals surface area contributed by atoms with Gasteiger partial charge in [0, 0.05) is 10.4 Å². The molecule has 6 heteroatoms. The van der Waals surface area contributed by atoms with Gasteiger partial charge in [-0.25, -0.2) is 0 Å². The molecule has 3 rings (SSSR count). The fourth-order valence-corrected chi connectivity index (χ4v) is 3.90. The van der Waals surface area contributed by atoms with Gasteiger partial charge in [0.15, 0.2) is 11.5 Å². The summed E-state index contributed by atoms with van der Waals surface area (Å²) >= 11 is 13.8. The van der Waals surface area contributed by atoms with E-state index in [1.165, 1.54) is 11.3 Å². The minimum atomic E-state index is -0.0189. The third kappa shape index (κ3) is 4.96. The average Bonchev–Trinajstić information content (AvgIpc) is 3.12. The van der Waals surface area contributed by atoms with Crippen molar-refractivity contribution < 1.29 is 14.3 Å². The van der Waals surface area contributed by atoms with Gasteiger partial charge in [0.2, 0.25) is 0 Å². The fraction of sp³-hybridized carbons (Fsp3) is 0.136. The van der Waals surface area contributed by atoms with E-state index >= 15 is 0 Å². The van der Waals surface area contributed by atoms with E-state index in [0.29, 0.717) is 21.5 Å². The number of hydrogen-bond acceptors (Lipinski definition) is 4. The van der Waals surface area contributed by atoms with Crippen LogP contribution in [0.3, 0.4) is 0 Å². The number of hydrogen-bond donors (Lipinski definition) is 0. The van der Waals surface area contributed by atoms with Gasteiger partial charge in [0.05, 0.1) is 22.0 Å². The second kappa shape index (κ2) is 9.28. The molecule has 0 saturated heterocycles. The highest BCUT2D eigenvalue weighted by Gasteiger charge is 2.10. The Balaban J connectivity index is 1.78. The molecule has 0 radical (unpaired) electrons. The molecule has 3 nitrogen and oxygen atoms in total. The summed E-state index contributed by atoms with van der Waals surface area (Å²) < 4.78 is 11.2. The second-order valence-electron chi connectivity index (χ2n) is 6.02. The van der Waals surface area contributed by atoms with Crippen LogP contribution in [0.5, 0.6) is 11.5 Å². The van der Waals surface area contributed by atoms with Gasteiger partial charge in [-0.3, -0.25) is 4.79 Å². The number of carbonyl (C=O) groups is 1. The topological polar surface area (TPSA) is 35.5 Å². The molecule has 0 bridgehead atoms. The minimum Gasteiger partial charge on any atom is -0.496 e. The van der Waals surface area contributed by atoms with Gasteiger partial charge in [-0.2, -0.15) is 0 Å². The average molecular weight is 433 g/mol. The molecular weight excluding hydrogens is 415 g/mol. The third-order valence-corrected chi connectivity index (χ3v) is 5.62. The molecule has 2 aromatic carbocycles. The zero-order valence-corrected chi connectivity index (χ0v) is 17.7. The van der Waals surface area contributed by atoms with Gasteiger partial charge in [0.1, 0.15) is 12.4 Å². The summed E-state index contributed by atoms with van der Waals surface area (Å²) in [6.07, 6.45) is 3.35. The molecule has 28 heavy (non-hydrogen) atoms. The number of benzene rings is 2. The Morgan fingerprint density at radius 1 is 1.11 bits per heavy atom. The van der Waals surface area contributed by atoms with E-state index in [2.05, 4.69) is 0 Å². The highest BCUT2D eigenvalue weighted by molar-refractivity contribution is 7.14. The Bertz CT molecular complexity index is 1000. The van der Waals surface area contributed by atoms with E-state index in [4.69, 9.17) is 32.7 Å². The summed E-state index contributed by atoms with van der Waals surface area (Å²) in [4.78, 5) is 14.1. The summed E-state index contributed by atoms with van der Waals surface area (Å²) in [5.74, 6) is 1.09. The number of allylic oxidation sites excluding steroid dienone is 1. The van der Waals surface area contributed by atoms with Gasteiger partial charge in [0.25, 0.3) is 0 Å². The van der Waals surface area contributed by atoms with E-state index in [1.54, 1.807) is 37.5 Å². The van der Waals surface area contributed by atoms with Crippen LogP contribution >= 0.6 is 34.5 Å². The molecule has 3 aromatic rings. The molecule has 0 aliphatic carbocycles. The Morgan fingerprint density at radius 3 is 2.50 bits per heavy atom. The van der Waals surface area contributed by atoms with E-state index in [-0.39, 0.29) is 12.4 Å². The first kappa shape index (κ1) is 20.5. The summed E-state index contributed by atoms with van der Waals surface area (Å²) in [6.45, 7) is 2.21. The molecule has 144 valence electrons. The quantitative estimate of drug-likeness (QED) is 0.302. The molecule has 0 unspecified atom stereocenters. The van der Waals surface area contributed by atoms with Gasteiger partial charge < -0.3 is 9.47 Å². The van der Waals surface area contributed by atoms with Gasteiger partial charge in [-0.1, -0.05) is 41.4 Å². The molecule has 0 aliphatic rings. The van der Waals surface area contributed by atoms with Crippen molar-refractivity contribution >= 4 is 46.4 Å². The number of ether oxygens (including phenoxy) is 2. The van der Waals surface area contributed by atoms with Gasteiger partial charge in [-0.15, -0.1) is 11.3 Å². The first-order valence-corrected chi connectivity index (χ1v) is 10.1. The number of carbonyl (C=O) groups excluding carboxylic acids is 1. The lowest BCUT2D eigenvalue weighted by Gasteiger charge is -2.13. The van der Waals surface area contributed by atoms with Gasteiger partial charge >= 0.3 is 0 Å².